The highest BCUT2D eigenvalue weighted by Gasteiger charge is 2.18. The highest BCUT2D eigenvalue weighted by Crippen LogP contribution is 2.18. The summed E-state index contributed by atoms with van der Waals surface area (Å²) in [4.78, 5) is 24.3. The molecule has 0 fully saturated rings. The van der Waals surface area contributed by atoms with Crippen molar-refractivity contribution in [2.24, 2.45) is 0 Å². The fourth-order valence-corrected chi connectivity index (χ4v) is 2.29. The molecule has 0 saturated heterocycles. The number of amides is 1. The molecule has 5 nitrogen and oxygen atoms in total. The zero-order chi connectivity index (χ0) is 14.4. The first-order valence-electron chi connectivity index (χ1n) is 6.11. The van der Waals surface area contributed by atoms with Gasteiger partial charge in [-0.05, 0) is 25.0 Å². The molecule has 0 bridgehead atoms. The second kappa shape index (κ2) is 7.23. The number of benzene rings is 1. The predicted octanol–water partition coefficient (Wildman–Crippen LogP) is 3.15. The van der Waals surface area contributed by atoms with E-state index < -0.39 is 4.92 Å². The van der Waals surface area contributed by atoms with Crippen molar-refractivity contribution < 1.29 is 9.72 Å². The minimum Gasteiger partial charge on any atom is -0.338 e. The van der Waals surface area contributed by atoms with Gasteiger partial charge in [-0.15, -0.1) is 0 Å². The zero-order valence-corrected chi connectivity index (χ0v) is 12.6. The SMILES string of the molecule is CCCN(CCBr)C(=O)c1ccc([N+](=O)[O-])cc1C. The van der Waals surface area contributed by atoms with Crippen molar-refractivity contribution in [1.29, 1.82) is 0 Å². The molecule has 0 aliphatic heterocycles. The molecule has 0 aromatic heterocycles. The van der Waals surface area contributed by atoms with E-state index >= 15 is 0 Å². The Labute approximate surface area is 120 Å². The van der Waals surface area contributed by atoms with Crippen LogP contribution in [0.5, 0.6) is 0 Å². The molecule has 0 heterocycles. The van der Waals surface area contributed by atoms with Crippen molar-refractivity contribution in [1.82, 2.24) is 4.90 Å². The lowest BCUT2D eigenvalue weighted by Crippen LogP contribution is -2.33. The molecule has 19 heavy (non-hydrogen) atoms. The number of nitro groups is 1. The summed E-state index contributed by atoms with van der Waals surface area (Å²) in [5.41, 5.74) is 1.17. The third-order valence-electron chi connectivity index (χ3n) is 2.79. The average molecular weight is 329 g/mol. The van der Waals surface area contributed by atoms with Crippen LogP contribution >= 0.6 is 15.9 Å². The summed E-state index contributed by atoms with van der Waals surface area (Å²) in [6.07, 6.45) is 0.880. The molecule has 1 rings (SSSR count). The summed E-state index contributed by atoms with van der Waals surface area (Å²) in [6.45, 7) is 5.04. The molecular formula is C13H17BrN2O3. The molecule has 6 heteroatoms. The number of carbonyl (C=O) groups is 1. The maximum atomic E-state index is 12.4. The van der Waals surface area contributed by atoms with E-state index in [0.29, 0.717) is 29.5 Å². The van der Waals surface area contributed by atoms with Crippen LogP contribution in [0.2, 0.25) is 0 Å². The molecule has 1 amide bonds. The van der Waals surface area contributed by atoms with Crippen molar-refractivity contribution in [2.45, 2.75) is 20.3 Å². The fourth-order valence-electron chi connectivity index (χ4n) is 1.86. The highest BCUT2D eigenvalue weighted by molar-refractivity contribution is 9.09. The van der Waals surface area contributed by atoms with E-state index in [-0.39, 0.29) is 11.6 Å². The average Bonchev–Trinajstić information content (AvgIpc) is 2.37. The van der Waals surface area contributed by atoms with E-state index in [1.807, 2.05) is 6.92 Å². The largest absolute Gasteiger partial charge is 0.338 e. The Balaban J connectivity index is 3.01. The summed E-state index contributed by atoms with van der Waals surface area (Å²) in [7, 11) is 0. The molecule has 0 N–H and O–H groups in total. The van der Waals surface area contributed by atoms with Gasteiger partial charge in [-0.1, -0.05) is 22.9 Å². The predicted molar refractivity (Wildman–Crippen MR) is 77.8 cm³/mol. The molecule has 0 spiro atoms. The van der Waals surface area contributed by atoms with E-state index in [1.165, 1.54) is 18.2 Å². The molecule has 104 valence electrons. The van der Waals surface area contributed by atoms with Crippen molar-refractivity contribution in [2.75, 3.05) is 18.4 Å². The third kappa shape index (κ3) is 4.02. The number of hydrogen-bond acceptors (Lipinski definition) is 3. The Morgan fingerprint density at radius 3 is 2.58 bits per heavy atom. The number of halogens is 1. The molecular weight excluding hydrogens is 312 g/mol. The van der Waals surface area contributed by atoms with Crippen molar-refractivity contribution >= 4 is 27.5 Å². The first-order valence-corrected chi connectivity index (χ1v) is 7.23. The molecule has 0 radical (unpaired) electrons. The summed E-state index contributed by atoms with van der Waals surface area (Å²) in [6, 6.07) is 4.34. The van der Waals surface area contributed by atoms with Crippen LogP contribution in [-0.4, -0.2) is 34.2 Å². The summed E-state index contributed by atoms with van der Waals surface area (Å²) < 4.78 is 0. The number of carbonyl (C=O) groups excluding carboxylic acids is 1. The quantitative estimate of drug-likeness (QED) is 0.457. The second-order valence-corrected chi connectivity index (χ2v) is 5.03. The lowest BCUT2D eigenvalue weighted by molar-refractivity contribution is -0.384. The highest BCUT2D eigenvalue weighted by atomic mass is 79.9. The second-order valence-electron chi connectivity index (χ2n) is 4.24. The topological polar surface area (TPSA) is 63.5 Å². The third-order valence-corrected chi connectivity index (χ3v) is 3.14. The summed E-state index contributed by atoms with van der Waals surface area (Å²) in [5.74, 6) is -0.0753. The number of alkyl halides is 1. The fraction of sp³-hybridized carbons (Fsp3) is 0.462. The van der Waals surface area contributed by atoms with E-state index in [2.05, 4.69) is 15.9 Å². The first kappa shape index (κ1) is 15.6. The normalized spacial score (nSPS) is 10.3. The molecule has 0 aliphatic carbocycles. The van der Waals surface area contributed by atoms with Crippen molar-refractivity contribution in [3.05, 3.63) is 39.4 Å². The van der Waals surface area contributed by atoms with Gasteiger partial charge in [0, 0.05) is 36.1 Å². The van der Waals surface area contributed by atoms with E-state index in [0.717, 1.165) is 6.42 Å². The molecule has 0 unspecified atom stereocenters. The Morgan fingerprint density at radius 1 is 1.42 bits per heavy atom. The molecule has 1 aromatic carbocycles. The maximum Gasteiger partial charge on any atom is 0.269 e. The van der Waals surface area contributed by atoms with Crippen LogP contribution in [0.15, 0.2) is 18.2 Å². The summed E-state index contributed by atoms with van der Waals surface area (Å²) >= 11 is 3.33. The molecule has 1 aromatic rings. The number of hydrogen-bond donors (Lipinski definition) is 0. The van der Waals surface area contributed by atoms with Crippen LogP contribution in [0.4, 0.5) is 5.69 Å². The molecule has 0 saturated carbocycles. The van der Waals surface area contributed by atoms with Gasteiger partial charge >= 0.3 is 0 Å². The van der Waals surface area contributed by atoms with Crippen LogP contribution in [0, 0.1) is 17.0 Å². The van der Waals surface area contributed by atoms with Crippen molar-refractivity contribution in [3.8, 4) is 0 Å². The van der Waals surface area contributed by atoms with Crippen LogP contribution in [0.1, 0.15) is 29.3 Å². The summed E-state index contributed by atoms with van der Waals surface area (Å²) in [5, 5.41) is 11.4. The molecule has 0 atom stereocenters. The van der Waals surface area contributed by atoms with Crippen LogP contribution in [0.3, 0.4) is 0 Å². The van der Waals surface area contributed by atoms with Gasteiger partial charge in [0.05, 0.1) is 4.92 Å². The number of nitrogens with zero attached hydrogens (tertiary/aromatic N) is 2. The monoisotopic (exact) mass is 328 g/mol. The van der Waals surface area contributed by atoms with Crippen LogP contribution in [-0.2, 0) is 0 Å². The van der Waals surface area contributed by atoms with E-state index in [1.54, 1.807) is 11.8 Å². The minimum atomic E-state index is -0.455. The minimum absolute atomic E-state index is 0.0107. The van der Waals surface area contributed by atoms with Gasteiger partial charge in [-0.2, -0.15) is 0 Å². The zero-order valence-electron chi connectivity index (χ0n) is 11.1. The number of non-ortho nitro benzene ring substituents is 1. The van der Waals surface area contributed by atoms with Gasteiger partial charge < -0.3 is 4.90 Å². The van der Waals surface area contributed by atoms with Gasteiger partial charge in [0.25, 0.3) is 11.6 Å². The van der Waals surface area contributed by atoms with Crippen LogP contribution < -0.4 is 0 Å². The lowest BCUT2D eigenvalue weighted by Gasteiger charge is -2.21. The van der Waals surface area contributed by atoms with Crippen LogP contribution in [0.25, 0.3) is 0 Å². The number of rotatable bonds is 6. The van der Waals surface area contributed by atoms with Gasteiger partial charge in [-0.25, -0.2) is 0 Å². The smallest absolute Gasteiger partial charge is 0.269 e. The van der Waals surface area contributed by atoms with Crippen molar-refractivity contribution in [3.63, 3.8) is 0 Å². The van der Waals surface area contributed by atoms with Gasteiger partial charge in [0.2, 0.25) is 0 Å². The Kier molecular flexibility index (Phi) is 5.95. The Morgan fingerprint density at radius 2 is 2.11 bits per heavy atom. The lowest BCUT2D eigenvalue weighted by atomic mass is 10.1. The van der Waals surface area contributed by atoms with E-state index in [9.17, 15) is 14.9 Å². The standard InChI is InChI=1S/C13H17BrN2O3/c1-3-7-15(8-6-14)13(17)12-5-4-11(16(18)19)9-10(12)2/h4-5,9H,3,6-8H2,1-2H3. The first-order chi connectivity index (χ1) is 9.01. The Bertz CT molecular complexity index is 471. The maximum absolute atomic E-state index is 12.4. The number of aryl methyl sites for hydroxylation is 1. The van der Waals surface area contributed by atoms with Gasteiger partial charge in [-0.3, -0.25) is 14.9 Å². The molecule has 0 aliphatic rings. The van der Waals surface area contributed by atoms with Gasteiger partial charge in [0.1, 0.15) is 0 Å². The van der Waals surface area contributed by atoms with E-state index in [4.69, 9.17) is 0 Å². The number of nitro benzene ring substituents is 1. The Hall–Kier alpha value is -1.43. The van der Waals surface area contributed by atoms with Gasteiger partial charge in [0.15, 0.2) is 0 Å².